The lowest BCUT2D eigenvalue weighted by Crippen LogP contribution is -2.49. The summed E-state index contributed by atoms with van der Waals surface area (Å²) in [5.74, 6) is -0.490. The van der Waals surface area contributed by atoms with E-state index < -0.39 is 53.5 Å². The molecular formula is C27H28FN3O8. The summed E-state index contributed by atoms with van der Waals surface area (Å²) in [7, 11) is 0. The molecule has 0 unspecified atom stereocenters. The van der Waals surface area contributed by atoms with Crippen LogP contribution in [0.2, 0.25) is 0 Å². The van der Waals surface area contributed by atoms with E-state index in [4.69, 9.17) is 18.9 Å². The molecule has 2 N–H and O–H groups in total. The van der Waals surface area contributed by atoms with Crippen LogP contribution in [0.25, 0.3) is 0 Å². The van der Waals surface area contributed by atoms with Gasteiger partial charge in [0.25, 0.3) is 5.56 Å². The van der Waals surface area contributed by atoms with Crippen LogP contribution in [-0.2, 0) is 25.6 Å². The van der Waals surface area contributed by atoms with Crippen molar-refractivity contribution in [2.24, 2.45) is 0 Å². The Kier molecular flexibility index (Phi) is 8.45. The van der Waals surface area contributed by atoms with Crippen molar-refractivity contribution in [3.63, 3.8) is 0 Å². The maximum Gasteiger partial charge on any atom is 0.408 e. The van der Waals surface area contributed by atoms with Crippen LogP contribution < -0.4 is 21.3 Å². The lowest BCUT2D eigenvalue weighted by molar-refractivity contribution is -0.160. The number of nitrogens with one attached hydrogen (secondary N) is 2. The molecule has 0 saturated carbocycles. The molecule has 3 aromatic rings. The number of ether oxygens (including phenoxy) is 4. The van der Waals surface area contributed by atoms with Crippen LogP contribution in [-0.4, -0.2) is 52.1 Å². The number of rotatable bonds is 9. The first-order valence-corrected chi connectivity index (χ1v) is 12.2. The molecular weight excluding hydrogens is 513 g/mol. The molecule has 0 spiro atoms. The summed E-state index contributed by atoms with van der Waals surface area (Å²) in [6, 6.07) is 17.4. The molecule has 12 heteroatoms. The highest BCUT2D eigenvalue weighted by Crippen LogP contribution is 2.42. The summed E-state index contributed by atoms with van der Waals surface area (Å²) < 4.78 is 39.3. The first kappa shape index (κ1) is 27.6. The fraction of sp³-hybridized carbons (Fsp3) is 0.333. The van der Waals surface area contributed by atoms with Gasteiger partial charge in [-0.05, 0) is 31.5 Å². The van der Waals surface area contributed by atoms with Gasteiger partial charge in [-0.2, -0.15) is 0 Å². The summed E-state index contributed by atoms with van der Waals surface area (Å²) >= 11 is 0. The predicted molar refractivity (Wildman–Crippen MR) is 136 cm³/mol. The molecule has 1 aromatic heterocycles. The van der Waals surface area contributed by atoms with Gasteiger partial charge in [-0.25, -0.2) is 18.8 Å². The first-order valence-electron chi connectivity index (χ1n) is 12.2. The Labute approximate surface area is 222 Å². The number of benzene rings is 2. The second kappa shape index (κ2) is 11.9. The molecule has 2 heterocycles. The van der Waals surface area contributed by atoms with Crippen molar-refractivity contribution >= 4 is 12.1 Å². The number of alkyl halides is 1. The third-order valence-corrected chi connectivity index (χ3v) is 6.09. The molecule has 1 saturated heterocycles. The zero-order chi connectivity index (χ0) is 28.0. The van der Waals surface area contributed by atoms with Crippen molar-refractivity contribution < 1.29 is 32.9 Å². The first-order chi connectivity index (χ1) is 18.6. The van der Waals surface area contributed by atoms with E-state index in [9.17, 15) is 19.2 Å². The van der Waals surface area contributed by atoms with Gasteiger partial charge in [-0.1, -0.05) is 48.5 Å². The number of hydrogen-bond donors (Lipinski definition) is 2. The highest BCUT2D eigenvalue weighted by Gasteiger charge is 2.58. The van der Waals surface area contributed by atoms with Gasteiger partial charge in [0.15, 0.2) is 18.0 Å². The van der Waals surface area contributed by atoms with Crippen molar-refractivity contribution in [1.82, 2.24) is 14.9 Å². The number of aromatic nitrogens is 2. The Morgan fingerprint density at radius 2 is 1.77 bits per heavy atom. The summed E-state index contributed by atoms with van der Waals surface area (Å²) in [6.07, 6.45) is -4.01. The van der Waals surface area contributed by atoms with E-state index >= 15 is 4.39 Å². The average molecular weight is 542 g/mol. The zero-order valence-electron chi connectivity index (χ0n) is 21.2. The smallest absolute Gasteiger partial charge is 0.408 e. The molecule has 4 rings (SSSR count). The molecule has 206 valence electrons. The molecule has 0 aliphatic carbocycles. The molecule has 39 heavy (non-hydrogen) atoms. The predicted octanol–water partition coefficient (Wildman–Crippen LogP) is 2.47. The van der Waals surface area contributed by atoms with Crippen LogP contribution in [0.3, 0.4) is 0 Å². The van der Waals surface area contributed by atoms with Crippen molar-refractivity contribution in [3.05, 3.63) is 99.3 Å². The van der Waals surface area contributed by atoms with Gasteiger partial charge in [0.05, 0.1) is 0 Å². The zero-order valence-corrected chi connectivity index (χ0v) is 21.2. The standard InChI is InChI=1S/C27H28FN3O8/c1-17(29-26(35)37-15-18-9-5-3-6-10-18)23(33)39-22-20(16-36-19-11-7-4-8-12-19)38-24(27(22,2)28)31-14-13-21(32)30-25(31)34/h3-14,17,20,22,24H,15-16H2,1-2H3,(H,29,35)(H,30,32,34)/t17-,20+,22+,24+,27+/m0/s1. The molecule has 2 aromatic carbocycles. The lowest BCUT2D eigenvalue weighted by Gasteiger charge is -2.28. The largest absolute Gasteiger partial charge is 0.491 e. The van der Waals surface area contributed by atoms with Gasteiger partial charge in [0, 0.05) is 12.3 Å². The molecule has 1 aliphatic heterocycles. The van der Waals surface area contributed by atoms with Gasteiger partial charge < -0.3 is 24.3 Å². The quantitative estimate of drug-likeness (QED) is 0.394. The average Bonchev–Trinajstić information content (AvgIpc) is 3.16. The second-order valence-electron chi connectivity index (χ2n) is 9.10. The highest BCUT2D eigenvalue weighted by atomic mass is 19.1. The fourth-order valence-electron chi connectivity index (χ4n) is 4.06. The number of carbonyl (C=O) groups excluding carboxylic acids is 2. The van der Waals surface area contributed by atoms with Crippen LogP contribution in [0.1, 0.15) is 25.6 Å². The summed E-state index contributed by atoms with van der Waals surface area (Å²) in [5, 5.41) is 2.36. The van der Waals surface area contributed by atoms with Gasteiger partial charge in [-0.15, -0.1) is 0 Å². The number of H-pyrrole nitrogens is 1. The number of carbonyl (C=O) groups is 2. The molecule has 1 aliphatic rings. The van der Waals surface area contributed by atoms with Crippen LogP contribution in [0.4, 0.5) is 9.18 Å². The molecule has 5 atom stereocenters. The van der Waals surface area contributed by atoms with Crippen LogP contribution in [0.5, 0.6) is 5.75 Å². The van der Waals surface area contributed by atoms with E-state index in [1.54, 1.807) is 54.6 Å². The number of halogens is 1. The van der Waals surface area contributed by atoms with Crippen molar-refractivity contribution in [1.29, 1.82) is 0 Å². The Hall–Kier alpha value is -4.45. The molecule has 0 bridgehead atoms. The third kappa shape index (κ3) is 6.71. The molecule has 1 amide bonds. The summed E-state index contributed by atoms with van der Waals surface area (Å²) in [6.45, 7) is 2.23. The summed E-state index contributed by atoms with van der Waals surface area (Å²) in [4.78, 5) is 51.0. The van der Waals surface area contributed by atoms with Crippen molar-refractivity contribution in [3.8, 4) is 5.75 Å². The van der Waals surface area contributed by atoms with Gasteiger partial charge in [0.1, 0.15) is 31.1 Å². The van der Waals surface area contributed by atoms with E-state index in [0.717, 1.165) is 29.3 Å². The third-order valence-electron chi connectivity index (χ3n) is 6.09. The molecule has 1 fully saturated rings. The van der Waals surface area contributed by atoms with Crippen LogP contribution in [0, 0.1) is 0 Å². The van der Waals surface area contributed by atoms with Crippen molar-refractivity contribution in [2.45, 2.75) is 50.6 Å². The van der Waals surface area contributed by atoms with E-state index in [-0.39, 0.29) is 13.2 Å². The lowest BCUT2D eigenvalue weighted by atomic mass is 9.98. The topological polar surface area (TPSA) is 138 Å². The Bertz CT molecular complexity index is 1390. The van der Waals surface area contributed by atoms with Gasteiger partial charge in [-0.3, -0.25) is 14.3 Å². The maximum atomic E-state index is 16.3. The number of amides is 1. The van der Waals surface area contributed by atoms with E-state index in [1.807, 2.05) is 6.07 Å². The monoisotopic (exact) mass is 541 g/mol. The molecule has 11 nitrogen and oxygen atoms in total. The minimum absolute atomic E-state index is 0.0119. The van der Waals surface area contributed by atoms with E-state index in [2.05, 4.69) is 10.3 Å². The van der Waals surface area contributed by atoms with E-state index in [0.29, 0.717) is 5.75 Å². The Morgan fingerprint density at radius 3 is 2.44 bits per heavy atom. The van der Waals surface area contributed by atoms with Gasteiger partial charge in [0.2, 0.25) is 0 Å². The minimum atomic E-state index is -2.43. The number of esters is 1. The Balaban J connectivity index is 1.47. The number of nitrogens with zero attached hydrogens (tertiary/aromatic N) is 1. The number of hydrogen-bond acceptors (Lipinski definition) is 8. The fourth-order valence-corrected chi connectivity index (χ4v) is 4.06. The van der Waals surface area contributed by atoms with Crippen LogP contribution >= 0.6 is 0 Å². The number of aromatic amines is 1. The Morgan fingerprint density at radius 1 is 1.10 bits per heavy atom. The normalized spacial score (nSPS) is 23.0. The van der Waals surface area contributed by atoms with Gasteiger partial charge >= 0.3 is 17.8 Å². The van der Waals surface area contributed by atoms with E-state index in [1.165, 1.54) is 6.92 Å². The minimum Gasteiger partial charge on any atom is -0.491 e. The molecule has 0 radical (unpaired) electrons. The van der Waals surface area contributed by atoms with Crippen molar-refractivity contribution in [2.75, 3.05) is 6.61 Å². The highest BCUT2D eigenvalue weighted by molar-refractivity contribution is 5.81. The summed E-state index contributed by atoms with van der Waals surface area (Å²) in [5.41, 5.74) is -3.25. The number of para-hydroxylation sites is 1. The SMILES string of the molecule is C[C@H](NC(=O)OCc1ccccc1)C(=O)O[C@@H]1[C@@H](COc2ccccc2)O[C@@H](n2ccc(=O)[nH]c2=O)[C@]1(C)F. The van der Waals surface area contributed by atoms with Crippen LogP contribution in [0.15, 0.2) is 82.5 Å². The maximum absolute atomic E-state index is 16.3. The number of alkyl carbamates (subject to hydrolysis) is 1. The second-order valence-corrected chi connectivity index (χ2v) is 9.10.